The Morgan fingerprint density at radius 2 is 1.79 bits per heavy atom. The van der Waals surface area contributed by atoms with Gasteiger partial charge in [0.25, 0.3) is 0 Å². The first-order valence-corrected chi connectivity index (χ1v) is 6.24. The van der Waals surface area contributed by atoms with Crippen molar-refractivity contribution in [2.24, 2.45) is 11.7 Å². The van der Waals surface area contributed by atoms with Gasteiger partial charge in [-0.25, -0.2) is 0 Å². The molecule has 2 nitrogen and oxygen atoms in total. The molecule has 2 N–H and O–H groups in total. The van der Waals surface area contributed by atoms with Crippen LogP contribution in [0.1, 0.15) is 46.0 Å². The number of hydrogen-bond donors (Lipinski definition) is 1. The molecule has 0 aromatic carbocycles. The molecule has 0 aromatic heterocycles. The van der Waals surface area contributed by atoms with Crippen LogP contribution in [0.3, 0.4) is 0 Å². The predicted octanol–water partition coefficient (Wildman–Crippen LogP) is 2.24. The summed E-state index contributed by atoms with van der Waals surface area (Å²) in [5.41, 5.74) is 5.93. The van der Waals surface area contributed by atoms with E-state index in [1.54, 1.807) is 0 Å². The Morgan fingerprint density at radius 3 is 2.21 bits per heavy atom. The molecule has 0 aromatic rings. The van der Waals surface area contributed by atoms with Crippen LogP contribution in [0.15, 0.2) is 0 Å². The topological polar surface area (TPSA) is 29.3 Å². The third-order valence-electron chi connectivity index (χ3n) is 3.18. The van der Waals surface area contributed by atoms with Gasteiger partial charge < -0.3 is 10.6 Å². The van der Waals surface area contributed by atoms with Crippen LogP contribution in [0.2, 0.25) is 0 Å². The van der Waals surface area contributed by atoms with E-state index < -0.39 is 0 Å². The Morgan fingerprint density at radius 1 is 1.14 bits per heavy atom. The quantitative estimate of drug-likeness (QED) is 0.709. The van der Waals surface area contributed by atoms with Crippen LogP contribution in [0.4, 0.5) is 0 Å². The molecule has 84 valence electrons. The van der Waals surface area contributed by atoms with E-state index in [9.17, 15) is 0 Å². The zero-order valence-electron chi connectivity index (χ0n) is 9.84. The van der Waals surface area contributed by atoms with Crippen molar-refractivity contribution in [2.45, 2.75) is 52.0 Å². The minimum Gasteiger partial charge on any atom is -0.328 e. The largest absolute Gasteiger partial charge is 0.328 e. The first-order chi connectivity index (χ1) is 6.76. The lowest BCUT2D eigenvalue weighted by atomic mass is 10.1. The summed E-state index contributed by atoms with van der Waals surface area (Å²) >= 11 is 0. The van der Waals surface area contributed by atoms with Crippen molar-refractivity contribution in [3.63, 3.8) is 0 Å². The van der Waals surface area contributed by atoms with E-state index in [-0.39, 0.29) is 0 Å². The van der Waals surface area contributed by atoms with Crippen molar-refractivity contribution in [3.05, 3.63) is 0 Å². The van der Waals surface area contributed by atoms with Crippen molar-refractivity contribution in [3.8, 4) is 0 Å². The van der Waals surface area contributed by atoms with E-state index in [0.29, 0.717) is 6.04 Å². The van der Waals surface area contributed by atoms with E-state index in [1.807, 2.05) is 0 Å². The van der Waals surface area contributed by atoms with Gasteiger partial charge in [-0.3, -0.25) is 0 Å². The highest BCUT2D eigenvalue weighted by molar-refractivity contribution is 4.79. The molecule has 0 amide bonds. The summed E-state index contributed by atoms with van der Waals surface area (Å²) in [4.78, 5) is 2.61. The average Bonchev–Trinajstić information content (AvgIpc) is 2.52. The minimum atomic E-state index is 0.491. The zero-order valence-corrected chi connectivity index (χ0v) is 9.84. The maximum atomic E-state index is 5.93. The van der Waals surface area contributed by atoms with Gasteiger partial charge in [0.15, 0.2) is 0 Å². The fourth-order valence-corrected chi connectivity index (χ4v) is 2.57. The second kappa shape index (κ2) is 6.41. The molecule has 0 heterocycles. The summed E-state index contributed by atoms with van der Waals surface area (Å²) < 4.78 is 0. The standard InChI is InChI=1S/C12H26N2/c1-3-7-14(8-4-2)10-11-5-6-12(13)9-11/h11-12H,3-10,13H2,1-2H3. The summed E-state index contributed by atoms with van der Waals surface area (Å²) in [6.45, 7) is 8.35. The third kappa shape index (κ3) is 3.97. The molecule has 0 saturated heterocycles. The molecule has 0 bridgehead atoms. The van der Waals surface area contributed by atoms with Crippen molar-refractivity contribution in [2.75, 3.05) is 19.6 Å². The van der Waals surface area contributed by atoms with E-state index in [1.165, 1.54) is 51.7 Å². The molecule has 2 heteroatoms. The van der Waals surface area contributed by atoms with Gasteiger partial charge in [0, 0.05) is 12.6 Å². The number of rotatable bonds is 6. The molecule has 1 fully saturated rings. The Bertz CT molecular complexity index is 141. The summed E-state index contributed by atoms with van der Waals surface area (Å²) in [5.74, 6) is 0.878. The smallest absolute Gasteiger partial charge is 0.00420 e. The number of nitrogens with two attached hydrogens (primary N) is 1. The lowest BCUT2D eigenvalue weighted by Gasteiger charge is -2.24. The van der Waals surface area contributed by atoms with Gasteiger partial charge in [0.2, 0.25) is 0 Å². The fourth-order valence-electron chi connectivity index (χ4n) is 2.57. The summed E-state index contributed by atoms with van der Waals surface area (Å²) in [6.07, 6.45) is 6.41. The minimum absolute atomic E-state index is 0.491. The maximum Gasteiger partial charge on any atom is 0.00420 e. The van der Waals surface area contributed by atoms with Crippen LogP contribution < -0.4 is 5.73 Å². The summed E-state index contributed by atoms with van der Waals surface area (Å²) in [5, 5.41) is 0. The lowest BCUT2D eigenvalue weighted by molar-refractivity contribution is 0.231. The molecule has 2 atom stereocenters. The molecule has 0 aliphatic heterocycles. The molecule has 1 saturated carbocycles. The third-order valence-corrected chi connectivity index (χ3v) is 3.18. The van der Waals surface area contributed by atoms with Crippen LogP contribution in [0.5, 0.6) is 0 Å². The highest BCUT2D eigenvalue weighted by atomic mass is 15.1. The second-order valence-corrected chi connectivity index (χ2v) is 4.74. The molecular weight excluding hydrogens is 172 g/mol. The van der Waals surface area contributed by atoms with Gasteiger partial charge >= 0.3 is 0 Å². The molecule has 1 aliphatic carbocycles. The van der Waals surface area contributed by atoms with Crippen LogP contribution in [0.25, 0.3) is 0 Å². The molecule has 1 rings (SSSR count). The van der Waals surface area contributed by atoms with Crippen LogP contribution >= 0.6 is 0 Å². The zero-order chi connectivity index (χ0) is 10.4. The van der Waals surface area contributed by atoms with Crippen molar-refractivity contribution < 1.29 is 0 Å². The fraction of sp³-hybridized carbons (Fsp3) is 1.00. The normalized spacial score (nSPS) is 27.4. The van der Waals surface area contributed by atoms with Gasteiger partial charge in [-0.2, -0.15) is 0 Å². The van der Waals surface area contributed by atoms with Crippen molar-refractivity contribution in [1.29, 1.82) is 0 Å². The first kappa shape index (κ1) is 12.0. The highest BCUT2D eigenvalue weighted by Gasteiger charge is 2.23. The Kier molecular flexibility index (Phi) is 5.49. The highest BCUT2D eigenvalue weighted by Crippen LogP contribution is 2.24. The number of hydrogen-bond acceptors (Lipinski definition) is 2. The van der Waals surface area contributed by atoms with Crippen LogP contribution in [-0.4, -0.2) is 30.6 Å². The number of nitrogens with zero attached hydrogens (tertiary/aromatic N) is 1. The van der Waals surface area contributed by atoms with Gasteiger partial charge in [-0.1, -0.05) is 13.8 Å². The molecule has 1 aliphatic rings. The van der Waals surface area contributed by atoms with Crippen LogP contribution in [0, 0.1) is 5.92 Å². The Balaban J connectivity index is 2.24. The SMILES string of the molecule is CCCN(CCC)CC1CCC(N)C1. The summed E-state index contributed by atoms with van der Waals surface area (Å²) in [7, 11) is 0. The molecule has 2 unspecified atom stereocenters. The maximum absolute atomic E-state index is 5.93. The second-order valence-electron chi connectivity index (χ2n) is 4.74. The van der Waals surface area contributed by atoms with E-state index in [2.05, 4.69) is 18.7 Å². The van der Waals surface area contributed by atoms with Gasteiger partial charge in [-0.15, -0.1) is 0 Å². The average molecular weight is 198 g/mol. The van der Waals surface area contributed by atoms with Gasteiger partial charge in [0.1, 0.15) is 0 Å². The Labute approximate surface area is 88.8 Å². The van der Waals surface area contributed by atoms with Crippen molar-refractivity contribution in [1.82, 2.24) is 4.90 Å². The lowest BCUT2D eigenvalue weighted by Crippen LogP contribution is -2.31. The molecular formula is C12H26N2. The predicted molar refractivity (Wildman–Crippen MR) is 62.3 cm³/mol. The van der Waals surface area contributed by atoms with Gasteiger partial charge in [0.05, 0.1) is 0 Å². The Hall–Kier alpha value is -0.0800. The molecule has 0 radical (unpaired) electrons. The van der Waals surface area contributed by atoms with Crippen molar-refractivity contribution >= 4 is 0 Å². The monoisotopic (exact) mass is 198 g/mol. The summed E-state index contributed by atoms with van der Waals surface area (Å²) in [6, 6.07) is 0.491. The van der Waals surface area contributed by atoms with E-state index in [4.69, 9.17) is 5.73 Å². The molecule has 0 spiro atoms. The van der Waals surface area contributed by atoms with Crippen LogP contribution in [-0.2, 0) is 0 Å². The first-order valence-electron chi connectivity index (χ1n) is 6.24. The molecule has 14 heavy (non-hydrogen) atoms. The van der Waals surface area contributed by atoms with E-state index in [0.717, 1.165) is 5.92 Å². The van der Waals surface area contributed by atoms with E-state index >= 15 is 0 Å². The van der Waals surface area contributed by atoms with Gasteiger partial charge in [-0.05, 0) is 51.1 Å².